The molecule has 0 bridgehead atoms. The number of hydrogen-bond acceptors (Lipinski definition) is 4. The molecule has 3 aliphatic rings. The van der Waals surface area contributed by atoms with Crippen LogP contribution in [0.4, 0.5) is 0 Å². The molecule has 1 spiro atoms. The lowest BCUT2D eigenvalue weighted by atomic mass is 9.71. The first-order chi connectivity index (χ1) is 10.8. The van der Waals surface area contributed by atoms with Crippen molar-refractivity contribution < 1.29 is 14.3 Å². The van der Waals surface area contributed by atoms with Crippen molar-refractivity contribution in [2.75, 3.05) is 33.0 Å². The van der Waals surface area contributed by atoms with E-state index in [2.05, 4.69) is 5.32 Å². The lowest BCUT2D eigenvalue weighted by molar-refractivity contribution is 0.0495. The van der Waals surface area contributed by atoms with E-state index in [0.717, 1.165) is 44.8 Å². The fourth-order valence-electron chi connectivity index (χ4n) is 3.85. The van der Waals surface area contributed by atoms with Crippen LogP contribution >= 0.6 is 0 Å². The minimum absolute atomic E-state index is 0.113. The van der Waals surface area contributed by atoms with E-state index >= 15 is 0 Å². The number of carbonyl (C=O) groups excluding carboxylic acids is 1. The Kier molecular flexibility index (Phi) is 3.45. The molecule has 118 valence electrons. The first-order valence-corrected chi connectivity index (χ1v) is 8.16. The number of ether oxygens (including phenoxy) is 2. The highest BCUT2D eigenvalue weighted by molar-refractivity contribution is 5.95. The normalized spacial score (nSPS) is 22.8. The van der Waals surface area contributed by atoms with E-state index in [1.807, 2.05) is 17.0 Å². The van der Waals surface area contributed by atoms with Gasteiger partial charge in [0.25, 0.3) is 5.91 Å². The Morgan fingerprint density at radius 3 is 2.55 bits per heavy atom. The first-order valence-electron chi connectivity index (χ1n) is 8.16. The monoisotopic (exact) mass is 302 g/mol. The maximum atomic E-state index is 12.7. The highest BCUT2D eigenvalue weighted by Crippen LogP contribution is 2.40. The summed E-state index contributed by atoms with van der Waals surface area (Å²) in [5, 5.41) is 3.43. The number of amides is 1. The number of rotatable bonds is 1. The summed E-state index contributed by atoms with van der Waals surface area (Å²) < 4.78 is 10.7. The quantitative estimate of drug-likeness (QED) is 0.862. The van der Waals surface area contributed by atoms with Crippen molar-refractivity contribution in [2.24, 2.45) is 5.41 Å². The van der Waals surface area contributed by atoms with Gasteiger partial charge in [0.15, 0.2) is 11.5 Å². The van der Waals surface area contributed by atoms with Crippen LogP contribution in [0.25, 0.3) is 0 Å². The molecule has 2 fully saturated rings. The van der Waals surface area contributed by atoms with Gasteiger partial charge in [-0.05, 0) is 62.4 Å². The smallest absolute Gasteiger partial charge is 0.253 e. The molecule has 1 N–H and O–H groups in total. The highest BCUT2D eigenvalue weighted by atomic mass is 16.7. The third-order valence-electron chi connectivity index (χ3n) is 5.40. The second-order valence-electron chi connectivity index (χ2n) is 6.61. The molecule has 3 heterocycles. The number of hydrogen-bond donors (Lipinski definition) is 1. The molecule has 0 atom stereocenters. The second-order valence-corrected chi connectivity index (χ2v) is 6.61. The van der Waals surface area contributed by atoms with Gasteiger partial charge in [0, 0.05) is 18.7 Å². The summed E-state index contributed by atoms with van der Waals surface area (Å²) in [6.07, 6.45) is 4.76. The number of benzene rings is 1. The topological polar surface area (TPSA) is 50.8 Å². The van der Waals surface area contributed by atoms with Gasteiger partial charge in [-0.15, -0.1) is 0 Å². The van der Waals surface area contributed by atoms with Crippen molar-refractivity contribution in [1.82, 2.24) is 10.2 Å². The van der Waals surface area contributed by atoms with Crippen molar-refractivity contribution in [3.05, 3.63) is 23.8 Å². The number of piperidine rings is 2. The van der Waals surface area contributed by atoms with E-state index < -0.39 is 0 Å². The fraction of sp³-hybridized carbons (Fsp3) is 0.588. The van der Waals surface area contributed by atoms with Crippen molar-refractivity contribution in [1.29, 1.82) is 0 Å². The van der Waals surface area contributed by atoms with Crippen LogP contribution in [0, 0.1) is 5.41 Å². The Morgan fingerprint density at radius 2 is 1.77 bits per heavy atom. The van der Waals surface area contributed by atoms with Crippen molar-refractivity contribution in [3.8, 4) is 11.5 Å². The standard InChI is InChI=1S/C17H22N2O3/c20-16(13-1-2-14-15(11-13)22-12-21-14)19-9-5-17(6-10-19)3-7-18-8-4-17/h1-2,11,18H,3-10,12H2. The molecular weight excluding hydrogens is 280 g/mol. The molecule has 1 aromatic carbocycles. The largest absolute Gasteiger partial charge is 0.454 e. The summed E-state index contributed by atoms with van der Waals surface area (Å²) in [4.78, 5) is 14.7. The van der Waals surface area contributed by atoms with Gasteiger partial charge in [0.1, 0.15) is 0 Å². The molecule has 1 aromatic rings. The average molecular weight is 302 g/mol. The predicted molar refractivity (Wildman–Crippen MR) is 82.2 cm³/mol. The maximum absolute atomic E-state index is 12.7. The molecule has 0 saturated carbocycles. The first kappa shape index (κ1) is 13.9. The van der Waals surface area contributed by atoms with Gasteiger partial charge in [-0.25, -0.2) is 0 Å². The Labute approximate surface area is 130 Å². The van der Waals surface area contributed by atoms with Crippen LogP contribution in [0.2, 0.25) is 0 Å². The highest BCUT2D eigenvalue weighted by Gasteiger charge is 2.36. The SMILES string of the molecule is O=C(c1ccc2c(c1)OCO2)N1CCC2(CCNCC2)CC1. The molecule has 22 heavy (non-hydrogen) atoms. The summed E-state index contributed by atoms with van der Waals surface area (Å²) in [5.41, 5.74) is 1.17. The molecule has 5 nitrogen and oxygen atoms in total. The van der Waals surface area contributed by atoms with Crippen LogP contribution in [0.3, 0.4) is 0 Å². The third-order valence-corrected chi connectivity index (χ3v) is 5.40. The van der Waals surface area contributed by atoms with Crippen LogP contribution in [0.15, 0.2) is 18.2 Å². The van der Waals surface area contributed by atoms with Gasteiger partial charge in [-0.2, -0.15) is 0 Å². The van der Waals surface area contributed by atoms with Gasteiger partial charge in [-0.3, -0.25) is 4.79 Å². The predicted octanol–water partition coefficient (Wildman–Crippen LogP) is 2.02. The zero-order valence-corrected chi connectivity index (χ0v) is 12.8. The molecule has 2 saturated heterocycles. The number of nitrogens with zero attached hydrogens (tertiary/aromatic N) is 1. The van der Waals surface area contributed by atoms with E-state index in [4.69, 9.17) is 9.47 Å². The second kappa shape index (κ2) is 5.47. The molecule has 4 rings (SSSR count). The number of nitrogens with one attached hydrogen (secondary N) is 1. The average Bonchev–Trinajstić information content (AvgIpc) is 3.03. The summed E-state index contributed by atoms with van der Waals surface area (Å²) in [5.74, 6) is 1.52. The zero-order chi connectivity index (χ0) is 15.0. The van der Waals surface area contributed by atoms with Crippen molar-refractivity contribution >= 4 is 5.91 Å². The number of fused-ring (bicyclic) bond motifs is 1. The molecule has 0 unspecified atom stereocenters. The number of likely N-dealkylation sites (tertiary alicyclic amines) is 1. The summed E-state index contributed by atoms with van der Waals surface area (Å²) in [6, 6.07) is 5.47. The Balaban J connectivity index is 1.43. The van der Waals surface area contributed by atoms with Gasteiger partial charge in [0.2, 0.25) is 6.79 Å². The maximum Gasteiger partial charge on any atom is 0.253 e. The number of carbonyl (C=O) groups is 1. The Morgan fingerprint density at radius 1 is 1.05 bits per heavy atom. The van der Waals surface area contributed by atoms with Gasteiger partial charge < -0.3 is 19.7 Å². The van der Waals surface area contributed by atoms with E-state index in [1.165, 1.54) is 12.8 Å². The summed E-state index contributed by atoms with van der Waals surface area (Å²) in [7, 11) is 0. The summed E-state index contributed by atoms with van der Waals surface area (Å²) >= 11 is 0. The van der Waals surface area contributed by atoms with E-state index in [-0.39, 0.29) is 12.7 Å². The molecule has 3 aliphatic heterocycles. The van der Waals surface area contributed by atoms with Gasteiger partial charge >= 0.3 is 0 Å². The summed E-state index contributed by atoms with van der Waals surface area (Å²) in [6.45, 7) is 4.22. The van der Waals surface area contributed by atoms with Crippen LogP contribution in [-0.4, -0.2) is 43.8 Å². The lowest BCUT2D eigenvalue weighted by Gasteiger charge is -2.44. The molecule has 0 aliphatic carbocycles. The van der Waals surface area contributed by atoms with E-state index in [9.17, 15) is 4.79 Å². The van der Waals surface area contributed by atoms with E-state index in [0.29, 0.717) is 16.7 Å². The zero-order valence-electron chi connectivity index (χ0n) is 12.8. The molecule has 0 aromatic heterocycles. The van der Waals surface area contributed by atoms with Crippen molar-refractivity contribution in [3.63, 3.8) is 0 Å². The van der Waals surface area contributed by atoms with Crippen LogP contribution in [0.5, 0.6) is 11.5 Å². The van der Waals surface area contributed by atoms with Crippen molar-refractivity contribution in [2.45, 2.75) is 25.7 Å². The molecule has 0 radical (unpaired) electrons. The molecule has 1 amide bonds. The molecular formula is C17H22N2O3. The minimum atomic E-state index is 0.113. The van der Waals surface area contributed by atoms with Crippen LogP contribution in [0.1, 0.15) is 36.0 Å². The Hall–Kier alpha value is -1.75. The lowest BCUT2D eigenvalue weighted by Crippen LogP contribution is -2.47. The van der Waals surface area contributed by atoms with Gasteiger partial charge in [-0.1, -0.05) is 0 Å². The van der Waals surface area contributed by atoms with Gasteiger partial charge in [0.05, 0.1) is 0 Å². The fourth-order valence-corrected chi connectivity index (χ4v) is 3.85. The minimum Gasteiger partial charge on any atom is -0.454 e. The van der Waals surface area contributed by atoms with Crippen LogP contribution < -0.4 is 14.8 Å². The third kappa shape index (κ3) is 2.43. The molecule has 5 heteroatoms. The van der Waals surface area contributed by atoms with E-state index in [1.54, 1.807) is 6.07 Å². The van der Waals surface area contributed by atoms with Crippen LogP contribution in [-0.2, 0) is 0 Å². The Bertz CT molecular complexity index is 571.